The first-order chi connectivity index (χ1) is 9.72. The molecule has 0 spiro atoms. The number of carbonyl (C=O) groups is 2. The number of fused-ring (bicyclic) bond motifs is 1. The SMILES string of the molecule is O=C1CN(C(=O)CSC2=N[C@H]3CCCC[C@@H]3N2)CCN1. The van der Waals surface area contributed by atoms with Crippen LogP contribution in [0.4, 0.5) is 0 Å². The molecule has 20 heavy (non-hydrogen) atoms. The molecule has 0 radical (unpaired) electrons. The van der Waals surface area contributed by atoms with Gasteiger partial charge in [0.2, 0.25) is 11.8 Å². The lowest BCUT2D eigenvalue weighted by atomic mass is 9.92. The number of nitrogens with one attached hydrogen (secondary N) is 2. The zero-order valence-corrected chi connectivity index (χ0v) is 12.2. The van der Waals surface area contributed by atoms with E-state index in [4.69, 9.17) is 0 Å². The average molecular weight is 296 g/mol. The van der Waals surface area contributed by atoms with Gasteiger partial charge in [0.15, 0.2) is 5.17 Å². The number of amidine groups is 1. The Labute approximate surface area is 122 Å². The molecule has 0 aromatic rings. The highest BCUT2D eigenvalue weighted by Crippen LogP contribution is 2.27. The molecular formula is C13H20N4O2S. The van der Waals surface area contributed by atoms with E-state index in [1.165, 1.54) is 31.0 Å². The first-order valence-electron chi connectivity index (χ1n) is 7.24. The summed E-state index contributed by atoms with van der Waals surface area (Å²) < 4.78 is 0. The van der Waals surface area contributed by atoms with Crippen molar-refractivity contribution in [1.82, 2.24) is 15.5 Å². The van der Waals surface area contributed by atoms with Crippen LogP contribution in [0.25, 0.3) is 0 Å². The van der Waals surface area contributed by atoms with Crippen molar-refractivity contribution in [3.05, 3.63) is 0 Å². The van der Waals surface area contributed by atoms with Crippen molar-refractivity contribution in [2.75, 3.05) is 25.4 Å². The Kier molecular flexibility index (Phi) is 4.14. The predicted molar refractivity (Wildman–Crippen MR) is 78.7 cm³/mol. The second kappa shape index (κ2) is 6.03. The minimum Gasteiger partial charge on any atom is -0.360 e. The van der Waals surface area contributed by atoms with E-state index in [0.717, 1.165) is 11.6 Å². The van der Waals surface area contributed by atoms with E-state index in [1.54, 1.807) is 4.90 Å². The van der Waals surface area contributed by atoms with Gasteiger partial charge in [-0.1, -0.05) is 24.6 Å². The molecule has 2 N–H and O–H groups in total. The summed E-state index contributed by atoms with van der Waals surface area (Å²) in [5.41, 5.74) is 0. The molecule has 0 unspecified atom stereocenters. The van der Waals surface area contributed by atoms with Gasteiger partial charge in [0, 0.05) is 13.1 Å². The number of amides is 2. The lowest BCUT2D eigenvalue weighted by molar-refractivity contribution is -0.136. The summed E-state index contributed by atoms with van der Waals surface area (Å²) in [7, 11) is 0. The standard InChI is InChI=1S/C13H20N4O2S/c18-11-7-17(6-5-14-11)12(19)8-20-13-15-9-3-1-2-4-10(9)16-13/h9-10H,1-8H2,(H,14,18)(H,15,16)/t9-,10-/m0/s1. The molecule has 3 rings (SSSR count). The number of hydrogen-bond acceptors (Lipinski definition) is 5. The summed E-state index contributed by atoms with van der Waals surface area (Å²) in [5, 5.41) is 7.04. The minimum atomic E-state index is -0.0723. The molecule has 1 saturated carbocycles. The van der Waals surface area contributed by atoms with Crippen molar-refractivity contribution in [3.63, 3.8) is 0 Å². The lowest BCUT2D eigenvalue weighted by Gasteiger charge is -2.26. The first kappa shape index (κ1) is 13.7. The normalized spacial score (nSPS) is 29.3. The van der Waals surface area contributed by atoms with Crippen LogP contribution in [0.1, 0.15) is 25.7 Å². The van der Waals surface area contributed by atoms with Gasteiger partial charge in [0.25, 0.3) is 0 Å². The van der Waals surface area contributed by atoms with Crippen LogP contribution in [0.2, 0.25) is 0 Å². The van der Waals surface area contributed by atoms with Crippen molar-refractivity contribution < 1.29 is 9.59 Å². The van der Waals surface area contributed by atoms with E-state index in [9.17, 15) is 9.59 Å². The van der Waals surface area contributed by atoms with E-state index in [0.29, 0.717) is 30.9 Å². The zero-order chi connectivity index (χ0) is 13.9. The van der Waals surface area contributed by atoms with Gasteiger partial charge < -0.3 is 15.5 Å². The Morgan fingerprint density at radius 3 is 3.05 bits per heavy atom. The highest BCUT2D eigenvalue weighted by atomic mass is 32.2. The second-order valence-electron chi connectivity index (χ2n) is 5.49. The summed E-state index contributed by atoms with van der Waals surface area (Å²) in [4.78, 5) is 29.6. The number of carbonyl (C=O) groups excluding carboxylic acids is 2. The molecule has 7 heteroatoms. The summed E-state index contributed by atoms with van der Waals surface area (Å²) in [6, 6.07) is 0.879. The molecule has 1 aliphatic carbocycles. The first-order valence-corrected chi connectivity index (χ1v) is 8.22. The number of rotatable bonds is 2. The summed E-state index contributed by atoms with van der Waals surface area (Å²) >= 11 is 1.47. The number of aliphatic imine (C=N–C) groups is 1. The van der Waals surface area contributed by atoms with E-state index in [-0.39, 0.29) is 18.4 Å². The molecule has 0 aromatic carbocycles. The molecule has 2 atom stereocenters. The van der Waals surface area contributed by atoms with Gasteiger partial charge in [-0.15, -0.1) is 0 Å². The van der Waals surface area contributed by atoms with Crippen LogP contribution in [-0.4, -0.2) is 59.4 Å². The fraction of sp³-hybridized carbons (Fsp3) is 0.769. The van der Waals surface area contributed by atoms with Crippen LogP contribution in [0.15, 0.2) is 4.99 Å². The maximum Gasteiger partial charge on any atom is 0.239 e. The molecule has 0 aromatic heterocycles. The molecule has 1 saturated heterocycles. The average Bonchev–Trinajstić information content (AvgIpc) is 2.87. The lowest BCUT2D eigenvalue weighted by Crippen LogP contribution is -2.50. The van der Waals surface area contributed by atoms with E-state index >= 15 is 0 Å². The van der Waals surface area contributed by atoms with E-state index < -0.39 is 0 Å². The molecule has 2 aliphatic heterocycles. The van der Waals surface area contributed by atoms with Gasteiger partial charge in [-0.3, -0.25) is 14.6 Å². The Bertz CT molecular complexity index is 440. The molecule has 0 bridgehead atoms. The maximum atomic E-state index is 12.1. The largest absolute Gasteiger partial charge is 0.360 e. The smallest absolute Gasteiger partial charge is 0.239 e. The topological polar surface area (TPSA) is 73.8 Å². The Morgan fingerprint density at radius 2 is 2.25 bits per heavy atom. The fourth-order valence-electron chi connectivity index (χ4n) is 2.93. The van der Waals surface area contributed by atoms with Crippen LogP contribution in [0, 0.1) is 0 Å². The van der Waals surface area contributed by atoms with Gasteiger partial charge >= 0.3 is 0 Å². The van der Waals surface area contributed by atoms with Crippen LogP contribution < -0.4 is 10.6 Å². The van der Waals surface area contributed by atoms with Gasteiger partial charge in [-0.2, -0.15) is 0 Å². The highest BCUT2D eigenvalue weighted by molar-refractivity contribution is 8.14. The number of piperazine rings is 1. The molecular weight excluding hydrogens is 276 g/mol. The number of nitrogens with zero attached hydrogens (tertiary/aromatic N) is 2. The second-order valence-corrected chi connectivity index (χ2v) is 6.45. The van der Waals surface area contributed by atoms with Crippen LogP contribution in [0.5, 0.6) is 0 Å². The summed E-state index contributed by atoms with van der Waals surface area (Å²) in [6.45, 7) is 1.35. The van der Waals surface area contributed by atoms with Crippen molar-refractivity contribution in [3.8, 4) is 0 Å². The molecule has 6 nitrogen and oxygen atoms in total. The van der Waals surface area contributed by atoms with Gasteiger partial charge in [-0.25, -0.2) is 0 Å². The third kappa shape index (κ3) is 3.08. The summed E-state index contributed by atoms with van der Waals surface area (Å²) in [5.74, 6) is 0.305. The Hall–Kier alpha value is -1.24. The van der Waals surface area contributed by atoms with E-state index in [1.807, 2.05) is 0 Å². The van der Waals surface area contributed by atoms with Crippen LogP contribution >= 0.6 is 11.8 Å². The van der Waals surface area contributed by atoms with Gasteiger partial charge in [-0.05, 0) is 12.8 Å². The van der Waals surface area contributed by atoms with Crippen molar-refractivity contribution in [2.24, 2.45) is 4.99 Å². The van der Waals surface area contributed by atoms with Crippen LogP contribution in [0.3, 0.4) is 0 Å². The maximum absolute atomic E-state index is 12.1. The van der Waals surface area contributed by atoms with E-state index in [2.05, 4.69) is 15.6 Å². The fourth-order valence-corrected chi connectivity index (χ4v) is 3.82. The van der Waals surface area contributed by atoms with Gasteiger partial charge in [0.1, 0.15) is 0 Å². The predicted octanol–water partition coefficient (Wildman–Crippen LogP) is -0.0516. The number of thioether (sulfide) groups is 1. The highest BCUT2D eigenvalue weighted by Gasteiger charge is 2.31. The molecule has 110 valence electrons. The Morgan fingerprint density at radius 1 is 1.40 bits per heavy atom. The van der Waals surface area contributed by atoms with Crippen LogP contribution in [-0.2, 0) is 9.59 Å². The van der Waals surface area contributed by atoms with Crippen molar-refractivity contribution >= 4 is 28.7 Å². The van der Waals surface area contributed by atoms with Crippen molar-refractivity contribution in [1.29, 1.82) is 0 Å². The molecule has 2 heterocycles. The Balaban J connectivity index is 1.47. The summed E-state index contributed by atoms with van der Waals surface area (Å²) in [6.07, 6.45) is 4.86. The van der Waals surface area contributed by atoms with Gasteiger partial charge in [0.05, 0.1) is 24.4 Å². The number of hydrogen-bond donors (Lipinski definition) is 2. The quantitative estimate of drug-likeness (QED) is 0.749. The zero-order valence-electron chi connectivity index (χ0n) is 11.4. The van der Waals surface area contributed by atoms with Crippen molar-refractivity contribution in [2.45, 2.75) is 37.8 Å². The molecule has 2 fully saturated rings. The minimum absolute atomic E-state index is 0.0178. The molecule has 3 aliphatic rings. The third-order valence-electron chi connectivity index (χ3n) is 4.04. The third-order valence-corrected chi connectivity index (χ3v) is 4.93. The molecule has 2 amide bonds. The monoisotopic (exact) mass is 296 g/mol.